The summed E-state index contributed by atoms with van der Waals surface area (Å²) < 4.78 is 5.08. The lowest BCUT2D eigenvalue weighted by Gasteiger charge is -2.15. The molecule has 4 nitrogen and oxygen atoms in total. The zero-order valence-electron chi connectivity index (χ0n) is 10.3. The van der Waals surface area contributed by atoms with E-state index in [2.05, 4.69) is 5.32 Å². The summed E-state index contributed by atoms with van der Waals surface area (Å²) in [6.45, 7) is 2.40. The number of carbonyl (C=O) groups is 1. The van der Waals surface area contributed by atoms with Crippen molar-refractivity contribution in [1.29, 1.82) is 0 Å². The molecule has 0 aromatic heterocycles. The predicted octanol–water partition coefficient (Wildman–Crippen LogP) is 1.48. The van der Waals surface area contributed by atoms with Gasteiger partial charge in [0.05, 0.1) is 6.61 Å². The zero-order valence-corrected chi connectivity index (χ0v) is 10.3. The van der Waals surface area contributed by atoms with Crippen molar-refractivity contribution in [2.75, 3.05) is 13.7 Å². The summed E-state index contributed by atoms with van der Waals surface area (Å²) in [6.07, 6.45) is 1.32. The molecule has 1 rings (SSSR count). The van der Waals surface area contributed by atoms with Crippen LogP contribution in [0.4, 0.5) is 0 Å². The van der Waals surface area contributed by atoms with Crippen molar-refractivity contribution in [3.63, 3.8) is 0 Å². The summed E-state index contributed by atoms with van der Waals surface area (Å²) in [4.78, 5) is 11.7. The molecule has 2 N–H and O–H groups in total. The number of hydrogen-bond acceptors (Lipinski definition) is 4. The van der Waals surface area contributed by atoms with Gasteiger partial charge in [-0.15, -0.1) is 0 Å². The van der Waals surface area contributed by atoms with Crippen LogP contribution in [-0.4, -0.2) is 30.8 Å². The minimum Gasteiger partial charge on any atom is -0.508 e. The number of rotatable bonds is 6. The van der Waals surface area contributed by atoms with E-state index in [9.17, 15) is 9.90 Å². The van der Waals surface area contributed by atoms with E-state index in [1.54, 1.807) is 25.2 Å². The van der Waals surface area contributed by atoms with E-state index in [1.165, 1.54) is 0 Å². The van der Waals surface area contributed by atoms with Gasteiger partial charge >= 0.3 is 5.97 Å². The van der Waals surface area contributed by atoms with Crippen LogP contribution in [0.25, 0.3) is 0 Å². The van der Waals surface area contributed by atoms with Crippen LogP contribution in [0.5, 0.6) is 5.75 Å². The Balaban J connectivity index is 2.60. The Morgan fingerprint density at radius 2 is 2.29 bits per heavy atom. The number of esters is 1. The fourth-order valence-electron chi connectivity index (χ4n) is 1.53. The maximum Gasteiger partial charge on any atom is 0.323 e. The lowest BCUT2D eigenvalue weighted by atomic mass is 10.1. The molecule has 1 atom stereocenters. The molecule has 17 heavy (non-hydrogen) atoms. The first-order valence-electron chi connectivity index (χ1n) is 5.79. The van der Waals surface area contributed by atoms with Gasteiger partial charge in [-0.25, -0.2) is 0 Å². The average Bonchev–Trinajstić information content (AvgIpc) is 2.33. The average molecular weight is 237 g/mol. The van der Waals surface area contributed by atoms with E-state index in [1.807, 2.05) is 13.0 Å². The van der Waals surface area contributed by atoms with Crippen LogP contribution in [0, 0.1) is 0 Å². The third-order valence-corrected chi connectivity index (χ3v) is 2.43. The van der Waals surface area contributed by atoms with Gasteiger partial charge < -0.3 is 15.2 Å². The van der Waals surface area contributed by atoms with Gasteiger partial charge in [0.2, 0.25) is 0 Å². The van der Waals surface area contributed by atoms with Crippen LogP contribution in [-0.2, 0) is 16.0 Å². The molecule has 0 heterocycles. The van der Waals surface area contributed by atoms with Crippen LogP contribution < -0.4 is 5.32 Å². The SMILES string of the molecule is CCCOC(=O)C(Cc1cccc(O)c1)NC. The number of nitrogens with one attached hydrogen (secondary N) is 1. The Labute approximate surface area is 102 Å². The number of carbonyl (C=O) groups excluding carboxylic acids is 1. The summed E-state index contributed by atoms with van der Waals surface area (Å²) in [5, 5.41) is 12.3. The molecule has 1 aromatic rings. The minimum absolute atomic E-state index is 0.208. The first kappa shape index (κ1) is 13.5. The van der Waals surface area contributed by atoms with Crippen molar-refractivity contribution in [2.24, 2.45) is 0 Å². The van der Waals surface area contributed by atoms with Crippen molar-refractivity contribution >= 4 is 5.97 Å². The van der Waals surface area contributed by atoms with Crippen LogP contribution in [0.2, 0.25) is 0 Å². The van der Waals surface area contributed by atoms with Crippen molar-refractivity contribution < 1.29 is 14.6 Å². The fraction of sp³-hybridized carbons (Fsp3) is 0.462. The van der Waals surface area contributed by atoms with Crippen LogP contribution >= 0.6 is 0 Å². The lowest BCUT2D eigenvalue weighted by Crippen LogP contribution is -2.37. The van der Waals surface area contributed by atoms with E-state index in [0.29, 0.717) is 13.0 Å². The first-order chi connectivity index (χ1) is 8.17. The molecule has 0 aliphatic rings. The Morgan fingerprint density at radius 1 is 1.53 bits per heavy atom. The number of likely N-dealkylation sites (N-methyl/N-ethyl adjacent to an activating group) is 1. The number of phenols is 1. The molecule has 0 spiro atoms. The second-order valence-electron chi connectivity index (χ2n) is 3.88. The van der Waals surface area contributed by atoms with Crippen LogP contribution in [0.3, 0.4) is 0 Å². The van der Waals surface area contributed by atoms with E-state index < -0.39 is 0 Å². The molecule has 0 saturated carbocycles. The van der Waals surface area contributed by atoms with E-state index in [-0.39, 0.29) is 17.8 Å². The van der Waals surface area contributed by atoms with Crippen LogP contribution in [0.1, 0.15) is 18.9 Å². The van der Waals surface area contributed by atoms with E-state index in [4.69, 9.17) is 4.74 Å². The van der Waals surface area contributed by atoms with Crippen LogP contribution in [0.15, 0.2) is 24.3 Å². The minimum atomic E-state index is -0.372. The topological polar surface area (TPSA) is 58.6 Å². The smallest absolute Gasteiger partial charge is 0.323 e. The standard InChI is InChI=1S/C13H19NO3/c1-3-7-17-13(16)12(14-2)9-10-5-4-6-11(15)8-10/h4-6,8,12,14-15H,3,7,9H2,1-2H3. The van der Waals surface area contributed by atoms with Gasteiger partial charge in [0, 0.05) is 0 Å². The van der Waals surface area contributed by atoms with Gasteiger partial charge in [0.15, 0.2) is 0 Å². The molecular weight excluding hydrogens is 218 g/mol. The number of aromatic hydroxyl groups is 1. The second kappa shape index (κ2) is 6.91. The van der Waals surface area contributed by atoms with Gasteiger partial charge in [-0.05, 0) is 37.6 Å². The lowest BCUT2D eigenvalue weighted by molar-refractivity contribution is -0.146. The highest BCUT2D eigenvalue weighted by molar-refractivity contribution is 5.76. The number of hydrogen-bond donors (Lipinski definition) is 2. The summed E-state index contributed by atoms with van der Waals surface area (Å²) in [6, 6.07) is 6.51. The Morgan fingerprint density at radius 3 is 2.88 bits per heavy atom. The molecule has 0 bridgehead atoms. The molecule has 0 radical (unpaired) electrons. The molecular formula is C13H19NO3. The number of phenolic OH excluding ortho intramolecular Hbond substituents is 1. The highest BCUT2D eigenvalue weighted by Crippen LogP contribution is 2.13. The van der Waals surface area contributed by atoms with Crippen molar-refractivity contribution in [3.8, 4) is 5.75 Å². The molecule has 4 heteroatoms. The Bertz CT molecular complexity index is 365. The molecule has 1 aromatic carbocycles. The Hall–Kier alpha value is -1.55. The van der Waals surface area contributed by atoms with Crippen molar-refractivity contribution in [3.05, 3.63) is 29.8 Å². The van der Waals surface area contributed by atoms with E-state index in [0.717, 1.165) is 12.0 Å². The third kappa shape index (κ3) is 4.44. The first-order valence-corrected chi connectivity index (χ1v) is 5.79. The highest BCUT2D eigenvalue weighted by atomic mass is 16.5. The maximum atomic E-state index is 11.7. The summed E-state index contributed by atoms with van der Waals surface area (Å²) >= 11 is 0. The molecule has 0 aliphatic carbocycles. The summed E-state index contributed by atoms with van der Waals surface area (Å²) in [5.41, 5.74) is 0.901. The molecule has 0 aliphatic heterocycles. The second-order valence-corrected chi connectivity index (χ2v) is 3.88. The van der Waals surface area contributed by atoms with Gasteiger partial charge in [-0.3, -0.25) is 4.79 Å². The molecule has 0 fully saturated rings. The highest BCUT2D eigenvalue weighted by Gasteiger charge is 2.18. The van der Waals surface area contributed by atoms with Gasteiger partial charge in [0.1, 0.15) is 11.8 Å². The van der Waals surface area contributed by atoms with Gasteiger partial charge in [0.25, 0.3) is 0 Å². The third-order valence-electron chi connectivity index (χ3n) is 2.43. The van der Waals surface area contributed by atoms with E-state index >= 15 is 0 Å². The summed E-state index contributed by atoms with van der Waals surface area (Å²) in [5.74, 6) is -0.0445. The molecule has 0 amide bonds. The molecule has 1 unspecified atom stereocenters. The molecule has 0 saturated heterocycles. The number of ether oxygens (including phenoxy) is 1. The normalized spacial score (nSPS) is 12.1. The Kier molecular flexibility index (Phi) is 5.49. The zero-order chi connectivity index (χ0) is 12.7. The van der Waals surface area contributed by atoms with Crippen molar-refractivity contribution in [2.45, 2.75) is 25.8 Å². The maximum absolute atomic E-state index is 11.7. The predicted molar refractivity (Wildman–Crippen MR) is 65.9 cm³/mol. The largest absolute Gasteiger partial charge is 0.508 e. The quantitative estimate of drug-likeness (QED) is 0.736. The molecule has 94 valence electrons. The van der Waals surface area contributed by atoms with Gasteiger partial charge in [-0.1, -0.05) is 19.1 Å². The van der Waals surface area contributed by atoms with Crippen molar-refractivity contribution in [1.82, 2.24) is 5.32 Å². The fourth-order valence-corrected chi connectivity index (χ4v) is 1.53. The van der Waals surface area contributed by atoms with Gasteiger partial charge in [-0.2, -0.15) is 0 Å². The summed E-state index contributed by atoms with van der Waals surface area (Å²) in [7, 11) is 1.72. The number of benzene rings is 1. The monoisotopic (exact) mass is 237 g/mol.